The van der Waals surface area contributed by atoms with Crippen LogP contribution in [0.4, 0.5) is 5.82 Å². The second kappa shape index (κ2) is 3.25. The number of carbonyl (C=O) groups excluding carboxylic acids is 1. The molecule has 1 aromatic rings. The van der Waals surface area contributed by atoms with Crippen molar-refractivity contribution in [3.63, 3.8) is 0 Å². The van der Waals surface area contributed by atoms with Crippen LogP contribution in [-0.4, -0.2) is 23.0 Å². The van der Waals surface area contributed by atoms with Crippen LogP contribution in [0.3, 0.4) is 0 Å². The van der Waals surface area contributed by atoms with Crippen molar-refractivity contribution in [2.24, 2.45) is 0 Å². The van der Waals surface area contributed by atoms with E-state index >= 15 is 0 Å². The maximum Gasteiger partial charge on any atom is 0.358 e. The van der Waals surface area contributed by atoms with Gasteiger partial charge in [-0.25, -0.2) is 14.8 Å². The Balaban J connectivity index is 2.35. The summed E-state index contributed by atoms with van der Waals surface area (Å²) >= 11 is 0. The molecule has 1 heterocycles. The molecule has 0 bridgehead atoms. The number of methoxy groups -OCH3 is 1. The number of nitrogen functional groups attached to an aromatic ring is 1. The molecule has 0 atom stereocenters. The van der Waals surface area contributed by atoms with E-state index in [0.29, 0.717) is 11.7 Å². The van der Waals surface area contributed by atoms with Crippen molar-refractivity contribution in [3.8, 4) is 0 Å². The third-order valence-electron chi connectivity index (χ3n) is 2.19. The smallest absolute Gasteiger partial charge is 0.358 e. The average Bonchev–Trinajstić information content (AvgIpc) is 3.01. The maximum atomic E-state index is 11.2. The standard InChI is InChI=1S/C9H11N3O2/c1-14-9(13)6-4-11-8(10)7(12-6)5-2-3-5/h4-5H,2-3H2,1H3,(H2,10,11). The summed E-state index contributed by atoms with van der Waals surface area (Å²) in [6.45, 7) is 0. The fourth-order valence-electron chi connectivity index (χ4n) is 1.27. The minimum atomic E-state index is -0.473. The quantitative estimate of drug-likeness (QED) is 0.700. The molecule has 0 aliphatic heterocycles. The third-order valence-corrected chi connectivity index (χ3v) is 2.19. The Labute approximate surface area is 81.3 Å². The van der Waals surface area contributed by atoms with Crippen LogP contribution in [0.5, 0.6) is 0 Å². The van der Waals surface area contributed by atoms with Gasteiger partial charge in [-0.3, -0.25) is 0 Å². The van der Waals surface area contributed by atoms with Gasteiger partial charge < -0.3 is 10.5 Å². The molecule has 5 heteroatoms. The van der Waals surface area contributed by atoms with Gasteiger partial charge in [-0.1, -0.05) is 0 Å². The molecule has 1 aliphatic carbocycles. The van der Waals surface area contributed by atoms with E-state index in [0.717, 1.165) is 18.5 Å². The van der Waals surface area contributed by atoms with Crippen LogP contribution < -0.4 is 5.73 Å². The molecule has 0 amide bonds. The van der Waals surface area contributed by atoms with E-state index in [1.165, 1.54) is 13.3 Å². The van der Waals surface area contributed by atoms with Crippen LogP contribution in [0.15, 0.2) is 6.20 Å². The predicted molar refractivity (Wildman–Crippen MR) is 49.8 cm³/mol. The van der Waals surface area contributed by atoms with E-state index in [2.05, 4.69) is 14.7 Å². The first-order chi connectivity index (χ1) is 6.72. The minimum Gasteiger partial charge on any atom is -0.464 e. The van der Waals surface area contributed by atoms with Gasteiger partial charge in [-0.15, -0.1) is 0 Å². The Morgan fingerprint density at radius 1 is 1.64 bits per heavy atom. The number of carbonyl (C=O) groups is 1. The van der Waals surface area contributed by atoms with E-state index in [-0.39, 0.29) is 5.69 Å². The lowest BCUT2D eigenvalue weighted by Crippen LogP contribution is -2.09. The van der Waals surface area contributed by atoms with Crippen molar-refractivity contribution >= 4 is 11.8 Å². The molecule has 2 rings (SSSR count). The van der Waals surface area contributed by atoms with E-state index in [4.69, 9.17) is 5.73 Å². The Hall–Kier alpha value is -1.65. The largest absolute Gasteiger partial charge is 0.464 e. The van der Waals surface area contributed by atoms with Gasteiger partial charge in [0.1, 0.15) is 5.82 Å². The molecule has 1 aromatic heterocycles. The molecular weight excluding hydrogens is 182 g/mol. The molecule has 14 heavy (non-hydrogen) atoms. The second-order valence-electron chi connectivity index (χ2n) is 3.29. The van der Waals surface area contributed by atoms with Crippen LogP contribution in [0, 0.1) is 0 Å². The van der Waals surface area contributed by atoms with Gasteiger partial charge in [0.2, 0.25) is 0 Å². The Morgan fingerprint density at radius 3 is 2.93 bits per heavy atom. The second-order valence-corrected chi connectivity index (χ2v) is 3.29. The van der Waals surface area contributed by atoms with Gasteiger partial charge in [0.05, 0.1) is 19.0 Å². The summed E-state index contributed by atoms with van der Waals surface area (Å²) in [4.78, 5) is 19.2. The zero-order valence-electron chi connectivity index (χ0n) is 7.86. The lowest BCUT2D eigenvalue weighted by Gasteiger charge is -2.03. The summed E-state index contributed by atoms with van der Waals surface area (Å²) in [5.74, 6) is 0.326. The highest BCUT2D eigenvalue weighted by molar-refractivity contribution is 5.87. The molecule has 2 N–H and O–H groups in total. The predicted octanol–water partition coefficient (Wildman–Crippen LogP) is 0.723. The molecule has 0 saturated heterocycles. The Kier molecular flexibility index (Phi) is 2.07. The molecular formula is C9H11N3O2. The normalized spacial score (nSPS) is 15.2. The molecule has 5 nitrogen and oxygen atoms in total. The van der Waals surface area contributed by atoms with Crippen molar-refractivity contribution in [1.29, 1.82) is 0 Å². The lowest BCUT2D eigenvalue weighted by molar-refractivity contribution is 0.0593. The summed E-state index contributed by atoms with van der Waals surface area (Å²) in [5.41, 5.74) is 6.60. The van der Waals surface area contributed by atoms with Crippen molar-refractivity contribution in [3.05, 3.63) is 17.6 Å². The van der Waals surface area contributed by atoms with E-state index < -0.39 is 5.97 Å². The highest BCUT2D eigenvalue weighted by atomic mass is 16.5. The first kappa shape index (κ1) is 8.93. The zero-order valence-corrected chi connectivity index (χ0v) is 7.86. The Morgan fingerprint density at radius 2 is 2.36 bits per heavy atom. The maximum absolute atomic E-state index is 11.2. The summed E-state index contributed by atoms with van der Waals surface area (Å²) in [6, 6.07) is 0. The van der Waals surface area contributed by atoms with Crippen LogP contribution in [-0.2, 0) is 4.74 Å². The van der Waals surface area contributed by atoms with Gasteiger partial charge >= 0.3 is 5.97 Å². The number of aromatic nitrogens is 2. The first-order valence-corrected chi connectivity index (χ1v) is 4.43. The van der Waals surface area contributed by atoms with Crippen LogP contribution in [0.25, 0.3) is 0 Å². The molecule has 1 aliphatic rings. The van der Waals surface area contributed by atoms with E-state index in [9.17, 15) is 4.79 Å². The first-order valence-electron chi connectivity index (χ1n) is 4.43. The van der Waals surface area contributed by atoms with E-state index in [1.807, 2.05) is 0 Å². The number of ether oxygens (including phenoxy) is 1. The Bertz CT molecular complexity index is 374. The molecule has 1 saturated carbocycles. The van der Waals surface area contributed by atoms with Crippen LogP contribution in [0.1, 0.15) is 34.9 Å². The fourth-order valence-corrected chi connectivity index (χ4v) is 1.27. The zero-order chi connectivity index (χ0) is 10.1. The number of esters is 1. The van der Waals surface area contributed by atoms with Crippen LogP contribution >= 0.6 is 0 Å². The third kappa shape index (κ3) is 1.53. The van der Waals surface area contributed by atoms with Crippen molar-refractivity contribution in [2.75, 3.05) is 12.8 Å². The lowest BCUT2D eigenvalue weighted by atomic mass is 10.2. The van der Waals surface area contributed by atoms with Gasteiger partial charge in [-0.05, 0) is 12.8 Å². The average molecular weight is 193 g/mol. The summed E-state index contributed by atoms with van der Waals surface area (Å²) in [5, 5.41) is 0. The molecule has 0 unspecified atom stereocenters. The summed E-state index contributed by atoms with van der Waals surface area (Å²) in [6.07, 6.45) is 3.49. The topological polar surface area (TPSA) is 78.1 Å². The monoisotopic (exact) mass is 193 g/mol. The van der Waals surface area contributed by atoms with Crippen LogP contribution in [0.2, 0.25) is 0 Å². The summed E-state index contributed by atoms with van der Waals surface area (Å²) < 4.78 is 4.55. The van der Waals surface area contributed by atoms with Gasteiger partial charge in [-0.2, -0.15) is 0 Å². The molecule has 0 aromatic carbocycles. The fraction of sp³-hybridized carbons (Fsp3) is 0.444. The van der Waals surface area contributed by atoms with Crippen molar-refractivity contribution < 1.29 is 9.53 Å². The highest BCUT2D eigenvalue weighted by Gasteiger charge is 2.28. The SMILES string of the molecule is COC(=O)c1cnc(N)c(C2CC2)n1. The van der Waals surface area contributed by atoms with Gasteiger partial charge in [0.25, 0.3) is 0 Å². The number of anilines is 1. The number of nitrogens with zero attached hydrogens (tertiary/aromatic N) is 2. The number of hydrogen-bond donors (Lipinski definition) is 1. The minimum absolute atomic E-state index is 0.226. The highest BCUT2D eigenvalue weighted by Crippen LogP contribution is 2.40. The molecule has 0 spiro atoms. The number of nitrogens with two attached hydrogens (primary N) is 1. The van der Waals surface area contributed by atoms with Gasteiger partial charge in [0.15, 0.2) is 5.69 Å². The molecule has 0 radical (unpaired) electrons. The number of rotatable bonds is 2. The number of hydrogen-bond acceptors (Lipinski definition) is 5. The van der Waals surface area contributed by atoms with E-state index in [1.54, 1.807) is 0 Å². The molecule has 74 valence electrons. The molecule has 1 fully saturated rings. The van der Waals surface area contributed by atoms with Gasteiger partial charge in [0, 0.05) is 5.92 Å². The van der Waals surface area contributed by atoms with Crippen molar-refractivity contribution in [1.82, 2.24) is 9.97 Å². The summed E-state index contributed by atoms with van der Waals surface area (Å²) in [7, 11) is 1.32. The van der Waals surface area contributed by atoms with Crippen molar-refractivity contribution in [2.45, 2.75) is 18.8 Å².